The minimum atomic E-state index is 0.0218. The third kappa shape index (κ3) is 5.05. The highest BCUT2D eigenvalue weighted by Crippen LogP contribution is 2.27. The highest BCUT2D eigenvalue weighted by molar-refractivity contribution is 5.94. The third-order valence-corrected chi connectivity index (χ3v) is 4.94. The molecule has 0 unspecified atom stereocenters. The molecule has 5 nitrogen and oxygen atoms in total. The van der Waals surface area contributed by atoms with Crippen LogP contribution in [0, 0.1) is 12.8 Å². The molecule has 0 atom stereocenters. The SMILES string of the molecule is Cc1cccc(C(C)C)c1NC(=O)CN1CCC(C(=O)N(C)C)CC1. The molecule has 5 heteroatoms. The monoisotopic (exact) mass is 345 g/mol. The molecule has 1 N–H and O–H groups in total. The number of rotatable bonds is 5. The number of hydrogen-bond donors (Lipinski definition) is 1. The number of para-hydroxylation sites is 1. The molecular weight excluding hydrogens is 314 g/mol. The molecule has 1 aliphatic rings. The number of nitrogens with one attached hydrogen (secondary N) is 1. The van der Waals surface area contributed by atoms with Gasteiger partial charge in [-0.25, -0.2) is 0 Å². The number of hydrogen-bond acceptors (Lipinski definition) is 3. The van der Waals surface area contributed by atoms with Crippen molar-refractivity contribution in [1.29, 1.82) is 0 Å². The van der Waals surface area contributed by atoms with Crippen molar-refractivity contribution in [2.45, 2.75) is 39.5 Å². The van der Waals surface area contributed by atoms with Crippen LogP contribution in [0.2, 0.25) is 0 Å². The summed E-state index contributed by atoms with van der Waals surface area (Å²) in [5.41, 5.74) is 3.21. The van der Waals surface area contributed by atoms with Gasteiger partial charge in [0.25, 0.3) is 0 Å². The van der Waals surface area contributed by atoms with Crippen LogP contribution in [0.4, 0.5) is 5.69 Å². The molecule has 138 valence electrons. The molecule has 1 saturated heterocycles. The Balaban J connectivity index is 1.91. The Morgan fingerprint density at radius 3 is 2.44 bits per heavy atom. The molecule has 1 fully saturated rings. The summed E-state index contributed by atoms with van der Waals surface area (Å²) in [6.45, 7) is 8.27. The first-order valence-electron chi connectivity index (χ1n) is 9.12. The average Bonchev–Trinajstić information content (AvgIpc) is 2.56. The summed E-state index contributed by atoms with van der Waals surface area (Å²) in [6.07, 6.45) is 1.65. The highest BCUT2D eigenvalue weighted by Gasteiger charge is 2.27. The van der Waals surface area contributed by atoms with Gasteiger partial charge in [0.1, 0.15) is 0 Å². The second-order valence-electron chi connectivity index (χ2n) is 7.53. The molecule has 1 aromatic carbocycles. The zero-order chi connectivity index (χ0) is 18.6. The number of carbonyl (C=O) groups is 2. The van der Waals surface area contributed by atoms with Crippen molar-refractivity contribution in [2.75, 3.05) is 39.0 Å². The number of likely N-dealkylation sites (tertiary alicyclic amines) is 1. The normalized spacial score (nSPS) is 16.1. The van der Waals surface area contributed by atoms with E-state index >= 15 is 0 Å². The van der Waals surface area contributed by atoms with Crippen molar-refractivity contribution < 1.29 is 9.59 Å². The predicted octanol–water partition coefficient (Wildman–Crippen LogP) is 2.86. The smallest absolute Gasteiger partial charge is 0.238 e. The van der Waals surface area contributed by atoms with Crippen LogP contribution in [-0.2, 0) is 9.59 Å². The molecule has 0 saturated carbocycles. The summed E-state index contributed by atoms with van der Waals surface area (Å²) in [6, 6.07) is 6.14. The lowest BCUT2D eigenvalue weighted by Crippen LogP contribution is -2.43. The maximum absolute atomic E-state index is 12.5. The molecule has 1 aromatic rings. The van der Waals surface area contributed by atoms with Crippen molar-refractivity contribution >= 4 is 17.5 Å². The van der Waals surface area contributed by atoms with E-state index < -0.39 is 0 Å². The second-order valence-corrected chi connectivity index (χ2v) is 7.53. The second kappa shape index (κ2) is 8.48. The van der Waals surface area contributed by atoms with Crippen molar-refractivity contribution in [1.82, 2.24) is 9.80 Å². The molecular formula is C20H31N3O2. The number of benzene rings is 1. The van der Waals surface area contributed by atoms with Crippen LogP contribution >= 0.6 is 0 Å². The zero-order valence-electron chi connectivity index (χ0n) is 16.1. The zero-order valence-corrected chi connectivity index (χ0v) is 16.1. The summed E-state index contributed by atoms with van der Waals surface area (Å²) in [4.78, 5) is 28.3. The van der Waals surface area contributed by atoms with Gasteiger partial charge in [-0.2, -0.15) is 0 Å². The summed E-state index contributed by atoms with van der Waals surface area (Å²) < 4.78 is 0. The molecule has 0 spiro atoms. The minimum Gasteiger partial charge on any atom is -0.349 e. The van der Waals surface area contributed by atoms with Gasteiger partial charge in [-0.3, -0.25) is 14.5 Å². The van der Waals surface area contributed by atoms with Crippen LogP contribution < -0.4 is 5.32 Å². The van der Waals surface area contributed by atoms with Gasteiger partial charge >= 0.3 is 0 Å². The quantitative estimate of drug-likeness (QED) is 0.893. The lowest BCUT2D eigenvalue weighted by Gasteiger charge is -2.32. The first kappa shape index (κ1) is 19.4. The van der Waals surface area contributed by atoms with Gasteiger partial charge in [0, 0.05) is 25.7 Å². The highest BCUT2D eigenvalue weighted by atomic mass is 16.2. The van der Waals surface area contributed by atoms with Gasteiger partial charge in [0.15, 0.2) is 0 Å². The Morgan fingerprint density at radius 2 is 1.88 bits per heavy atom. The molecule has 25 heavy (non-hydrogen) atoms. The molecule has 1 heterocycles. The molecule has 0 aromatic heterocycles. The van der Waals surface area contributed by atoms with Crippen LogP contribution in [-0.4, -0.2) is 55.3 Å². The van der Waals surface area contributed by atoms with E-state index in [0.29, 0.717) is 12.5 Å². The first-order chi connectivity index (χ1) is 11.8. The molecule has 0 bridgehead atoms. The van der Waals surface area contributed by atoms with Crippen molar-refractivity contribution in [3.8, 4) is 0 Å². The topological polar surface area (TPSA) is 52.7 Å². The van der Waals surface area contributed by atoms with E-state index in [-0.39, 0.29) is 17.7 Å². The van der Waals surface area contributed by atoms with E-state index in [0.717, 1.165) is 37.2 Å². The predicted molar refractivity (Wildman–Crippen MR) is 102 cm³/mol. The Labute approximate surface area is 151 Å². The van der Waals surface area contributed by atoms with E-state index in [1.54, 1.807) is 19.0 Å². The number of aryl methyl sites for hydroxylation is 1. The fourth-order valence-corrected chi connectivity index (χ4v) is 3.43. The van der Waals surface area contributed by atoms with Crippen molar-refractivity contribution in [3.05, 3.63) is 29.3 Å². The van der Waals surface area contributed by atoms with Crippen LogP contribution in [0.1, 0.15) is 43.7 Å². The van der Waals surface area contributed by atoms with Gasteiger partial charge in [0.2, 0.25) is 11.8 Å². The van der Waals surface area contributed by atoms with Crippen molar-refractivity contribution in [2.24, 2.45) is 5.92 Å². The minimum absolute atomic E-state index is 0.0218. The summed E-state index contributed by atoms with van der Waals surface area (Å²) in [7, 11) is 3.60. The number of carbonyl (C=O) groups excluding carboxylic acids is 2. The third-order valence-electron chi connectivity index (χ3n) is 4.94. The van der Waals surface area contributed by atoms with Gasteiger partial charge in [-0.05, 0) is 49.9 Å². The Morgan fingerprint density at radius 1 is 1.24 bits per heavy atom. The standard InChI is InChI=1S/C20H31N3O2/c1-14(2)17-8-6-7-15(3)19(17)21-18(24)13-23-11-9-16(10-12-23)20(25)22(4)5/h6-8,14,16H,9-13H2,1-5H3,(H,21,24). The van der Waals surface area contributed by atoms with E-state index in [9.17, 15) is 9.59 Å². The molecule has 1 aliphatic heterocycles. The summed E-state index contributed by atoms with van der Waals surface area (Å²) in [5.74, 6) is 0.681. The van der Waals surface area contributed by atoms with Crippen LogP contribution in [0.3, 0.4) is 0 Å². The molecule has 2 amide bonds. The van der Waals surface area contributed by atoms with Gasteiger partial charge in [-0.1, -0.05) is 32.0 Å². The van der Waals surface area contributed by atoms with Crippen LogP contribution in [0.15, 0.2) is 18.2 Å². The molecule has 2 rings (SSSR count). The summed E-state index contributed by atoms with van der Waals surface area (Å²) in [5, 5.41) is 3.10. The number of nitrogens with zero attached hydrogens (tertiary/aromatic N) is 2. The van der Waals surface area contributed by atoms with Gasteiger partial charge in [0.05, 0.1) is 6.54 Å². The van der Waals surface area contributed by atoms with E-state index in [4.69, 9.17) is 0 Å². The molecule has 0 aliphatic carbocycles. The number of anilines is 1. The first-order valence-corrected chi connectivity index (χ1v) is 9.12. The van der Waals surface area contributed by atoms with E-state index in [1.807, 2.05) is 19.1 Å². The Hall–Kier alpha value is -1.88. The summed E-state index contributed by atoms with van der Waals surface area (Å²) >= 11 is 0. The van der Waals surface area contributed by atoms with Crippen LogP contribution in [0.5, 0.6) is 0 Å². The maximum atomic E-state index is 12.5. The Kier molecular flexibility index (Phi) is 6.59. The lowest BCUT2D eigenvalue weighted by molar-refractivity contribution is -0.134. The Bertz CT molecular complexity index is 617. The van der Waals surface area contributed by atoms with E-state index in [2.05, 4.69) is 30.1 Å². The van der Waals surface area contributed by atoms with Gasteiger partial charge < -0.3 is 10.2 Å². The maximum Gasteiger partial charge on any atom is 0.238 e. The van der Waals surface area contributed by atoms with Crippen molar-refractivity contribution in [3.63, 3.8) is 0 Å². The number of amides is 2. The van der Waals surface area contributed by atoms with Crippen LogP contribution in [0.25, 0.3) is 0 Å². The van der Waals surface area contributed by atoms with Gasteiger partial charge in [-0.15, -0.1) is 0 Å². The molecule has 0 radical (unpaired) electrons. The largest absolute Gasteiger partial charge is 0.349 e. The van der Waals surface area contributed by atoms with E-state index in [1.165, 1.54) is 5.56 Å². The fraction of sp³-hybridized carbons (Fsp3) is 0.600. The average molecular weight is 345 g/mol. The lowest BCUT2D eigenvalue weighted by atomic mass is 9.95. The number of piperidine rings is 1. The fourth-order valence-electron chi connectivity index (χ4n) is 3.43.